The number of nitrogens with two attached hydrogens (primary N) is 1. The van der Waals surface area contributed by atoms with Crippen molar-refractivity contribution >= 4 is 0 Å². The smallest absolute Gasteiger partial charge is 0.0685 e. The van der Waals surface area contributed by atoms with Gasteiger partial charge in [-0.3, -0.25) is 0 Å². The molecule has 78 valence electrons. The Bertz CT molecular complexity index is 273. The molecule has 3 N–H and O–H groups in total. The Kier molecular flexibility index (Phi) is 4.63. The first-order valence-electron chi connectivity index (χ1n) is 5.23. The van der Waals surface area contributed by atoms with Crippen molar-refractivity contribution in [2.24, 2.45) is 5.73 Å². The highest BCUT2D eigenvalue weighted by atomic mass is 16.3. The van der Waals surface area contributed by atoms with Crippen molar-refractivity contribution in [2.45, 2.75) is 38.8 Å². The van der Waals surface area contributed by atoms with Gasteiger partial charge in [0.1, 0.15) is 0 Å². The van der Waals surface area contributed by atoms with Gasteiger partial charge in [0.05, 0.1) is 6.61 Å². The number of hydrogen-bond acceptors (Lipinski definition) is 2. The van der Waals surface area contributed by atoms with Crippen LogP contribution in [0.1, 0.15) is 43.4 Å². The molecule has 1 aromatic carbocycles. The van der Waals surface area contributed by atoms with Crippen LogP contribution in [0.2, 0.25) is 0 Å². The summed E-state index contributed by atoms with van der Waals surface area (Å²) < 4.78 is 0. The number of aliphatic hydroxyl groups excluding tert-OH is 1. The molecule has 2 heteroatoms. The second-order valence-corrected chi connectivity index (χ2v) is 3.61. The van der Waals surface area contributed by atoms with Crippen LogP contribution in [0.3, 0.4) is 0 Å². The third kappa shape index (κ3) is 2.82. The standard InChI is InChI=1S/C12H19NO/c1-2-3-8-12(13)11-7-5-4-6-10(11)9-14/h4-7,12,14H,2-3,8-9,13H2,1H3/t12-/m0/s1. The minimum atomic E-state index is 0.0679. The minimum absolute atomic E-state index is 0.0679. The molecule has 0 radical (unpaired) electrons. The van der Waals surface area contributed by atoms with Gasteiger partial charge in [0.2, 0.25) is 0 Å². The lowest BCUT2D eigenvalue weighted by Gasteiger charge is -2.14. The van der Waals surface area contributed by atoms with E-state index in [9.17, 15) is 0 Å². The van der Waals surface area contributed by atoms with Gasteiger partial charge in [0.25, 0.3) is 0 Å². The highest BCUT2D eigenvalue weighted by Gasteiger charge is 2.08. The van der Waals surface area contributed by atoms with Gasteiger partial charge >= 0.3 is 0 Å². The third-order valence-corrected chi connectivity index (χ3v) is 2.49. The molecule has 1 rings (SSSR count). The number of rotatable bonds is 5. The average molecular weight is 193 g/mol. The van der Waals surface area contributed by atoms with Gasteiger partial charge in [-0.05, 0) is 17.5 Å². The van der Waals surface area contributed by atoms with E-state index in [2.05, 4.69) is 6.92 Å². The molecule has 0 fully saturated rings. The summed E-state index contributed by atoms with van der Waals surface area (Å²) in [6.45, 7) is 2.24. The van der Waals surface area contributed by atoms with Crippen LogP contribution in [0.15, 0.2) is 24.3 Å². The summed E-state index contributed by atoms with van der Waals surface area (Å²) in [7, 11) is 0. The van der Waals surface area contributed by atoms with E-state index in [1.54, 1.807) is 0 Å². The predicted octanol–water partition coefficient (Wildman–Crippen LogP) is 2.37. The molecular formula is C12H19NO. The molecule has 0 heterocycles. The largest absolute Gasteiger partial charge is 0.392 e. The topological polar surface area (TPSA) is 46.2 Å². The molecule has 0 bridgehead atoms. The molecule has 1 atom stereocenters. The van der Waals surface area contributed by atoms with E-state index in [0.717, 1.165) is 30.4 Å². The van der Waals surface area contributed by atoms with Gasteiger partial charge in [-0.1, -0.05) is 44.0 Å². The molecule has 0 spiro atoms. The van der Waals surface area contributed by atoms with Crippen molar-refractivity contribution < 1.29 is 5.11 Å². The van der Waals surface area contributed by atoms with E-state index in [1.165, 1.54) is 0 Å². The van der Waals surface area contributed by atoms with Crippen LogP contribution in [0.25, 0.3) is 0 Å². The van der Waals surface area contributed by atoms with Gasteiger partial charge in [-0.15, -0.1) is 0 Å². The molecule has 0 saturated heterocycles. The van der Waals surface area contributed by atoms with Crippen molar-refractivity contribution in [3.05, 3.63) is 35.4 Å². The number of aliphatic hydroxyl groups is 1. The molecule has 0 aliphatic rings. The van der Waals surface area contributed by atoms with Crippen molar-refractivity contribution in [3.8, 4) is 0 Å². The molecule has 0 aliphatic heterocycles. The van der Waals surface area contributed by atoms with Crippen molar-refractivity contribution in [2.75, 3.05) is 0 Å². The Labute approximate surface area is 85.8 Å². The fourth-order valence-corrected chi connectivity index (χ4v) is 1.62. The second-order valence-electron chi connectivity index (χ2n) is 3.61. The van der Waals surface area contributed by atoms with Crippen molar-refractivity contribution in [3.63, 3.8) is 0 Å². The molecule has 2 nitrogen and oxygen atoms in total. The zero-order chi connectivity index (χ0) is 10.4. The Morgan fingerprint density at radius 2 is 2.07 bits per heavy atom. The van der Waals surface area contributed by atoms with E-state index in [1.807, 2.05) is 24.3 Å². The predicted molar refractivity (Wildman–Crippen MR) is 58.8 cm³/mol. The molecule has 14 heavy (non-hydrogen) atoms. The van der Waals surface area contributed by atoms with Gasteiger partial charge in [-0.2, -0.15) is 0 Å². The summed E-state index contributed by atoms with van der Waals surface area (Å²) in [6, 6.07) is 7.91. The molecule has 0 saturated carbocycles. The fraction of sp³-hybridized carbons (Fsp3) is 0.500. The Morgan fingerprint density at radius 1 is 1.36 bits per heavy atom. The molecule has 0 unspecified atom stereocenters. The monoisotopic (exact) mass is 193 g/mol. The maximum Gasteiger partial charge on any atom is 0.0685 e. The van der Waals surface area contributed by atoms with Crippen molar-refractivity contribution in [1.82, 2.24) is 0 Å². The molecular weight excluding hydrogens is 174 g/mol. The Hall–Kier alpha value is -0.860. The summed E-state index contributed by atoms with van der Waals surface area (Å²) in [5, 5.41) is 9.14. The van der Waals surface area contributed by atoms with Crippen LogP contribution in [-0.2, 0) is 6.61 Å². The molecule has 0 amide bonds. The first kappa shape index (κ1) is 11.2. The summed E-state index contributed by atoms with van der Waals surface area (Å²) in [5.74, 6) is 0. The number of benzene rings is 1. The van der Waals surface area contributed by atoms with Crippen molar-refractivity contribution in [1.29, 1.82) is 0 Å². The summed E-state index contributed by atoms with van der Waals surface area (Å²) in [6.07, 6.45) is 3.30. The lowest BCUT2D eigenvalue weighted by Crippen LogP contribution is -2.12. The Balaban J connectivity index is 2.72. The third-order valence-electron chi connectivity index (χ3n) is 2.49. The van der Waals surface area contributed by atoms with Gasteiger partial charge < -0.3 is 10.8 Å². The zero-order valence-electron chi connectivity index (χ0n) is 8.74. The summed E-state index contributed by atoms with van der Waals surface area (Å²) in [5.41, 5.74) is 8.09. The first-order valence-corrected chi connectivity index (χ1v) is 5.23. The average Bonchev–Trinajstić information content (AvgIpc) is 2.25. The van der Waals surface area contributed by atoms with Crippen LogP contribution in [0.4, 0.5) is 0 Å². The quantitative estimate of drug-likeness (QED) is 0.754. The summed E-state index contributed by atoms with van der Waals surface area (Å²) in [4.78, 5) is 0. The lowest BCUT2D eigenvalue weighted by atomic mass is 9.97. The molecule has 0 aromatic heterocycles. The van der Waals surface area contributed by atoms with Crippen LogP contribution in [0, 0.1) is 0 Å². The zero-order valence-corrected chi connectivity index (χ0v) is 8.74. The molecule has 0 aliphatic carbocycles. The minimum Gasteiger partial charge on any atom is -0.392 e. The van der Waals surface area contributed by atoms with E-state index >= 15 is 0 Å². The highest BCUT2D eigenvalue weighted by molar-refractivity contribution is 5.29. The van der Waals surface area contributed by atoms with E-state index in [-0.39, 0.29) is 12.6 Å². The van der Waals surface area contributed by atoms with Crippen LogP contribution in [0.5, 0.6) is 0 Å². The van der Waals surface area contributed by atoms with Crippen LogP contribution < -0.4 is 5.73 Å². The van der Waals surface area contributed by atoms with Crippen LogP contribution in [-0.4, -0.2) is 5.11 Å². The van der Waals surface area contributed by atoms with E-state index in [4.69, 9.17) is 10.8 Å². The second kappa shape index (κ2) is 5.78. The van der Waals surface area contributed by atoms with Gasteiger partial charge in [-0.25, -0.2) is 0 Å². The fourth-order valence-electron chi connectivity index (χ4n) is 1.62. The highest BCUT2D eigenvalue weighted by Crippen LogP contribution is 2.20. The Morgan fingerprint density at radius 3 is 2.71 bits per heavy atom. The first-order chi connectivity index (χ1) is 6.79. The maximum atomic E-state index is 9.14. The van der Waals surface area contributed by atoms with E-state index in [0.29, 0.717) is 0 Å². The number of unbranched alkanes of at least 4 members (excludes halogenated alkanes) is 1. The number of hydrogen-bond donors (Lipinski definition) is 2. The molecule has 1 aromatic rings. The summed E-state index contributed by atoms with van der Waals surface area (Å²) >= 11 is 0. The maximum absolute atomic E-state index is 9.14. The SMILES string of the molecule is CCCC[C@H](N)c1ccccc1CO. The van der Waals surface area contributed by atoms with E-state index < -0.39 is 0 Å². The van der Waals surface area contributed by atoms with Gasteiger partial charge in [0, 0.05) is 6.04 Å². The lowest BCUT2D eigenvalue weighted by molar-refractivity contribution is 0.279. The van der Waals surface area contributed by atoms with Crippen LogP contribution >= 0.6 is 0 Å². The van der Waals surface area contributed by atoms with Gasteiger partial charge in [0.15, 0.2) is 0 Å². The normalized spacial score (nSPS) is 12.8.